The Morgan fingerprint density at radius 2 is 1.89 bits per heavy atom. The van der Waals surface area contributed by atoms with Gasteiger partial charge in [-0.25, -0.2) is 0 Å². The molecule has 1 atom stereocenters. The van der Waals surface area contributed by atoms with Crippen molar-refractivity contribution in [3.05, 3.63) is 54.3 Å². The number of anilines is 1. The largest absolute Gasteiger partial charge is 0.508 e. The predicted octanol–water partition coefficient (Wildman–Crippen LogP) is 3.09. The fourth-order valence-electron chi connectivity index (χ4n) is 3.38. The summed E-state index contributed by atoms with van der Waals surface area (Å²) < 4.78 is 5.51. The van der Waals surface area contributed by atoms with E-state index in [1.807, 2.05) is 18.2 Å². The van der Waals surface area contributed by atoms with E-state index in [1.165, 1.54) is 23.1 Å². The highest BCUT2D eigenvalue weighted by atomic mass is 16.4. The zero-order valence-corrected chi connectivity index (χ0v) is 14.4. The van der Waals surface area contributed by atoms with Gasteiger partial charge in [0.25, 0.3) is 5.91 Å². The summed E-state index contributed by atoms with van der Waals surface area (Å²) in [6.07, 6.45) is 1.28. The molecule has 0 spiro atoms. The Morgan fingerprint density at radius 3 is 2.67 bits per heavy atom. The van der Waals surface area contributed by atoms with Crippen LogP contribution in [0.3, 0.4) is 0 Å². The summed E-state index contributed by atoms with van der Waals surface area (Å²) >= 11 is 0. The minimum absolute atomic E-state index is 0.0188. The first kappa shape index (κ1) is 17.0. The van der Waals surface area contributed by atoms with Crippen LogP contribution in [0.5, 0.6) is 11.5 Å². The number of hydrogen-bond acceptors (Lipinski definition) is 5. The first-order valence-electron chi connectivity index (χ1n) is 8.65. The Hall–Kier alpha value is -3.48. The Morgan fingerprint density at radius 1 is 1.11 bits per heavy atom. The summed E-state index contributed by atoms with van der Waals surface area (Å²) in [6, 6.07) is 12.4. The van der Waals surface area contributed by atoms with Crippen LogP contribution in [0.2, 0.25) is 0 Å². The second-order valence-corrected chi connectivity index (χ2v) is 6.50. The highest BCUT2D eigenvalue weighted by Crippen LogP contribution is 2.33. The molecule has 0 saturated carbocycles. The Balaban J connectivity index is 1.57. The fourth-order valence-corrected chi connectivity index (χ4v) is 3.38. The van der Waals surface area contributed by atoms with Gasteiger partial charge < -0.3 is 24.8 Å². The number of furan rings is 1. The van der Waals surface area contributed by atoms with Crippen molar-refractivity contribution in [2.24, 2.45) is 0 Å². The van der Waals surface area contributed by atoms with Gasteiger partial charge in [-0.15, -0.1) is 0 Å². The molecule has 3 N–H and O–H groups in total. The molecule has 0 radical (unpaired) electrons. The van der Waals surface area contributed by atoms with Crippen molar-refractivity contribution in [2.45, 2.75) is 18.9 Å². The van der Waals surface area contributed by atoms with Crippen molar-refractivity contribution in [3.63, 3.8) is 0 Å². The maximum atomic E-state index is 12.9. The number of carbonyl (C=O) groups excluding carboxylic acids is 2. The van der Waals surface area contributed by atoms with Crippen molar-refractivity contribution in [1.29, 1.82) is 0 Å². The summed E-state index contributed by atoms with van der Waals surface area (Å²) in [5.74, 6) is -0.980. The van der Waals surface area contributed by atoms with Gasteiger partial charge in [-0.05, 0) is 25.0 Å². The molecule has 2 aromatic carbocycles. The summed E-state index contributed by atoms with van der Waals surface area (Å²) in [5.41, 5.74) is 0.881. The van der Waals surface area contributed by atoms with Crippen molar-refractivity contribution >= 4 is 28.5 Å². The zero-order chi connectivity index (χ0) is 19.0. The minimum Gasteiger partial charge on any atom is -0.508 e. The van der Waals surface area contributed by atoms with E-state index in [1.54, 1.807) is 12.1 Å². The van der Waals surface area contributed by atoms with E-state index in [0.717, 1.165) is 0 Å². The first-order chi connectivity index (χ1) is 13.0. The number of amides is 2. The number of para-hydroxylation sites is 1. The Labute approximate surface area is 154 Å². The smallest absolute Gasteiger partial charge is 0.290 e. The molecule has 2 heterocycles. The van der Waals surface area contributed by atoms with Gasteiger partial charge in [-0.3, -0.25) is 9.59 Å². The average Bonchev–Trinajstić information content (AvgIpc) is 3.29. The van der Waals surface area contributed by atoms with Crippen LogP contribution in [0.4, 0.5) is 5.69 Å². The number of phenols is 2. The van der Waals surface area contributed by atoms with E-state index in [4.69, 9.17) is 4.42 Å². The van der Waals surface area contributed by atoms with Gasteiger partial charge in [0.05, 0.1) is 5.39 Å². The molecule has 1 aliphatic rings. The normalized spacial score (nSPS) is 16.6. The summed E-state index contributed by atoms with van der Waals surface area (Å²) in [7, 11) is 0. The highest BCUT2D eigenvalue weighted by Gasteiger charge is 2.36. The zero-order valence-electron chi connectivity index (χ0n) is 14.4. The number of carbonyl (C=O) groups is 2. The number of rotatable bonds is 3. The van der Waals surface area contributed by atoms with Gasteiger partial charge in [0.1, 0.15) is 23.1 Å². The molecule has 3 aromatic rings. The lowest BCUT2D eigenvalue weighted by molar-refractivity contribution is -0.119. The summed E-state index contributed by atoms with van der Waals surface area (Å²) in [6.45, 7) is 0.444. The van der Waals surface area contributed by atoms with E-state index in [0.29, 0.717) is 30.5 Å². The van der Waals surface area contributed by atoms with E-state index >= 15 is 0 Å². The van der Waals surface area contributed by atoms with Gasteiger partial charge in [-0.2, -0.15) is 0 Å². The van der Waals surface area contributed by atoms with Gasteiger partial charge in [0, 0.05) is 30.4 Å². The number of fused-ring (bicyclic) bond motifs is 1. The van der Waals surface area contributed by atoms with E-state index < -0.39 is 11.9 Å². The number of benzene rings is 2. The molecule has 1 saturated heterocycles. The number of phenolic OH excluding ortho intramolecular Hbond substituents is 2. The molecule has 0 bridgehead atoms. The van der Waals surface area contributed by atoms with Crippen LogP contribution < -0.4 is 5.32 Å². The monoisotopic (exact) mass is 366 g/mol. The third-order valence-electron chi connectivity index (χ3n) is 4.67. The van der Waals surface area contributed by atoms with Gasteiger partial charge >= 0.3 is 0 Å². The third kappa shape index (κ3) is 3.19. The fraction of sp³-hybridized carbons (Fsp3) is 0.200. The second-order valence-electron chi connectivity index (χ2n) is 6.50. The molecular weight excluding hydrogens is 348 g/mol. The van der Waals surface area contributed by atoms with Crippen molar-refractivity contribution in [1.82, 2.24) is 4.90 Å². The van der Waals surface area contributed by atoms with Crippen LogP contribution in [-0.2, 0) is 4.79 Å². The first-order valence-corrected chi connectivity index (χ1v) is 8.65. The van der Waals surface area contributed by atoms with Gasteiger partial charge in [-0.1, -0.05) is 18.2 Å². The lowest BCUT2D eigenvalue weighted by Crippen LogP contribution is -2.43. The van der Waals surface area contributed by atoms with Gasteiger partial charge in [0.15, 0.2) is 5.76 Å². The molecule has 27 heavy (non-hydrogen) atoms. The minimum atomic E-state index is -0.590. The van der Waals surface area contributed by atoms with Crippen LogP contribution in [0.25, 0.3) is 11.0 Å². The van der Waals surface area contributed by atoms with E-state index in [-0.39, 0.29) is 28.7 Å². The average molecular weight is 366 g/mol. The number of likely N-dealkylation sites (tertiary alicyclic amines) is 1. The highest BCUT2D eigenvalue weighted by molar-refractivity contribution is 6.02. The number of aromatic hydroxyl groups is 2. The molecule has 1 aliphatic heterocycles. The summed E-state index contributed by atoms with van der Waals surface area (Å²) in [4.78, 5) is 27.0. The van der Waals surface area contributed by atoms with Crippen molar-refractivity contribution < 1.29 is 24.2 Å². The van der Waals surface area contributed by atoms with E-state index in [2.05, 4.69) is 5.32 Å². The standard InChI is InChI=1S/C20H18N2O5/c23-13-9-16(24)14-11-18(27-17(14)10-13)20(26)22-8-4-7-15(22)19(25)21-12-5-2-1-3-6-12/h1-3,5-6,9-11,15,23-24H,4,7-8H2,(H,21,25)/t15-/m0/s1. The summed E-state index contributed by atoms with van der Waals surface area (Å²) in [5, 5.41) is 22.6. The van der Waals surface area contributed by atoms with E-state index in [9.17, 15) is 19.8 Å². The molecule has 7 heteroatoms. The molecular formula is C20H18N2O5. The molecule has 0 unspecified atom stereocenters. The molecule has 7 nitrogen and oxygen atoms in total. The molecule has 2 amide bonds. The maximum absolute atomic E-state index is 12.9. The molecule has 0 aliphatic carbocycles. The van der Waals surface area contributed by atoms with Crippen molar-refractivity contribution in [3.8, 4) is 11.5 Å². The third-order valence-corrected chi connectivity index (χ3v) is 4.67. The predicted molar refractivity (Wildman–Crippen MR) is 98.7 cm³/mol. The molecule has 1 aromatic heterocycles. The number of hydrogen-bond donors (Lipinski definition) is 3. The van der Waals surface area contributed by atoms with Crippen LogP contribution >= 0.6 is 0 Å². The van der Waals surface area contributed by atoms with Crippen molar-refractivity contribution in [2.75, 3.05) is 11.9 Å². The molecule has 1 fully saturated rings. The topological polar surface area (TPSA) is 103 Å². The quantitative estimate of drug-likeness (QED) is 0.661. The lowest BCUT2D eigenvalue weighted by Gasteiger charge is -2.23. The lowest BCUT2D eigenvalue weighted by atomic mass is 10.2. The SMILES string of the molecule is O=C(Nc1ccccc1)[C@@H]1CCCN1C(=O)c1cc2c(O)cc(O)cc2o1. The molecule has 138 valence electrons. The number of nitrogens with one attached hydrogen (secondary N) is 1. The van der Waals surface area contributed by atoms with Crippen LogP contribution in [0.1, 0.15) is 23.4 Å². The number of nitrogens with zero attached hydrogens (tertiary/aromatic N) is 1. The molecule has 4 rings (SSSR count). The maximum Gasteiger partial charge on any atom is 0.290 e. The van der Waals surface area contributed by atoms with Crippen LogP contribution in [0, 0.1) is 0 Å². The Kier molecular flexibility index (Phi) is 4.19. The van der Waals surface area contributed by atoms with Gasteiger partial charge in [0.2, 0.25) is 5.91 Å². The Bertz CT molecular complexity index is 1010. The second kappa shape index (κ2) is 6.68. The van der Waals surface area contributed by atoms with Crippen LogP contribution in [-0.4, -0.2) is 39.5 Å². The van der Waals surface area contributed by atoms with Crippen LogP contribution in [0.15, 0.2) is 52.9 Å².